The van der Waals surface area contributed by atoms with Crippen molar-refractivity contribution in [2.75, 3.05) is 20.7 Å². The van der Waals surface area contributed by atoms with E-state index in [0.29, 0.717) is 30.3 Å². The second-order valence-corrected chi connectivity index (χ2v) is 4.28. The molecule has 1 rings (SSSR count). The number of hydrogen-bond acceptors (Lipinski definition) is 3. The molecule has 94 valence electrons. The molecule has 0 saturated carbocycles. The average Bonchev–Trinajstić information content (AvgIpc) is 2.29. The van der Waals surface area contributed by atoms with Gasteiger partial charge in [0.1, 0.15) is 5.75 Å². The molecule has 1 aromatic rings. The van der Waals surface area contributed by atoms with E-state index >= 15 is 0 Å². The molecular formula is C12H17ClN2O2. The second-order valence-electron chi connectivity index (χ2n) is 3.84. The Hall–Kier alpha value is -1.26. The maximum absolute atomic E-state index is 11.3. The third-order valence-electron chi connectivity index (χ3n) is 2.32. The van der Waals surface area contributed by atoms with E-state index in [1.165, 1.54) is 4.90 Å². The lowest BCUT2D eigenvalue weighted by atomic mass is 10.2. The number of halogens is 1. The zero-order chi connectivity index (χ0) is 12.8. The van der Waals surface area contributed by atoms with Crippen molar-refractivity contribution in [1.29, 1.82) is 0 Å². The Kier molecular flexibility index (Phi) is 5.25. The first-order valence-corrected chi connectivity index (χ1v) is 5.74. The Bertz CT molecular complexity index is 394. The number of rotatable bonds is 5. The summed E-state index contributed by atoms with van der Waals surface area (Å²) in [5.41, 5.74) is 6.46. The number of nitrogens with zero attached hydrogens (tertiary/aromatic N) is 1. The summed E-state index contributed by atoms with van der Waals surface area (Å²) < 4.78 is 5.52. The van der Waals surface area contributed by atoms with Gasteiger partial charge >= 0.3 is 0 Å². The molecule has 0 aromatic heterocycles. The van der Waals surface area contributed by atoms with Gasteiger partial charge in [-0.3, -0.25) is 4.79 Å². The van der Waals surface area contributed by atoms with E-state index in [4.69, 9.17) is 22.1 Å². The Morgan fingerprint density at radius 2 is 2.18 bits per heavy atom. The highest BCUT2D eigenvalue weighted by atomic mass is 35.5. The third-order valence-corrected chi connectivity index (χ3v) is 2.56. The van der Waals surface area contributed by atoms with Gasteiger partial charge in [0, 0.05) is 31.2 Å². The van der Waals surface area contributed by atoms with E-state index < -0.39 is 0 Å². The highest BCUT2D eigenvalue weighted by molar-refractivity contribution is 6.30. The first kappa shape index (κ1) is 13.8. The molecule has 0 radical (unpaired) electrons. The second kappa shape index (κ2) is 6.47. The van der Waals surface area contributed by atoms with Crippen LogP contribution in [0.2, 0.25) is 5.02 Å². The van der Waals surface area contributed by atoms with Gasteiger partial charge in [0.05, 0.1) is 13.0 Å². The Morgan fingerprint density at radius 1 is 1.47 bits per heavy atom. The monoisotopic (exact) mass is 256 g/mol. The minimum Gasteiger partial charge on any atom is -0.493 e. The fourth-order valence-corrected chi connectivity index (χ4v) is 1.47. The van der Waals surface area contributed by atoms with Crippen LogP contribution in [0.4, 0.5) is 0 Å². The van der Waals surface area contributed by atoms with E-state index in [0.717, 1.165) is 5.56 Å². The van der Waals surface area contributed by atoms with Gasteiger partial charge < -0.3 is 15.4 Å². The van der Waals surface area contributed by atoms with E-state index in [9.17, 15) is 4.79 Å². The van der Waals surface area contributed by atoms with E-state index in [2.05, 4.69) is 0 Å². The predicted molar refractivity (Wildman–Crippen MR) is 68.1 cm³/mol. The standard InChI is InChI=1S/C12H17ClN2O2/c1-15(2)12(16)5-6-17-11-7-10(13)4-3-9(11)8-14/h3-4,7H,5-6,8,14H2,1-2H3. The summed E-state index contributed by atoms with van der Waals surface area (Å²) in [7, 11) is 3.43. The first-order chi connectivity index (χ1) is 8.04. The van der Waals surface area contributed by atoms with Gasteiger partial charge in [-0.25, -0.2) is 0 Å². The van der Waals surface area contributed by atoms with Crippen LogP contribution in [0, 0.1) is 0 Å². The average molecular weight is 257 g/mol. The smallest absolute Gasteiger partial charge is 0.225 e. The van der Waals surface area contributed by atoms with Crippen LogP contribution < -0.4 is 10.5 Å². The van der Waals surface area contributed by atoms with Crippen molar-refractivity contribution in [3.05, 3.63) is 28.8 Å². The molecule has 0 saturated heterocycles. The summed E-state index contributed by atoms with van der Waals surface area (Å²) in [5.74, 6) is 0.674. The molecule has 1 amide bonds. The van der Waals surface area contributed by atoms with Gasteiger partial charge in [-0.1, -0.05) is 17.7 Å². The van der Waals surface area contributed by atoms with Crippen LogP contribution in [0.15, 0.2) is 18.2 Å². The van der Waals surface area contributed by atoms with Crippen molar-refractivity contribution in [1.82, 2.24) is 4.90 Å². The molecule has 0 aliphatic heterocycles. The van der Waals surface area contributed by atoms with Gasteiger partial charge in [0.15, 0.2) is 0 Å². The van der Waals surface area contributed by atoms with Gasteiger partial charge in [0.2, 0.25) is 5.91 Å². The quantitative estimate of drug-likeness (QED) is 0.872. The van der Waals surface area contributed by atoms with Crippen molar-refractivity contribution in [2.45, 2.75) is 13.0 Å². The third kappa shape index (κ3) is 4.24. The van der Waals surface area contributed by atoms with Crippen LogP contribution in [0.1, 0.15) is 12.0 Å². The summed E-state index contributed by atoms with van der Waals surface area (Å²) in [6.07, 6.45) is 0.337. The van der Waals surface area contributed by atoms with Crippen molar-refractivity contribution >= 4 is 17.5 Å². The van der Waals surface area contributed by atoms with Gasteiger partial charge in [-0.15, -0.1) is 0 Å². The fraction of sp³-hybridized carbons (Fsp3) is 0.417. The SMILES string of the molecule is CN(C)C(=O)CCOc1cc(Cl)ccc1CN. The minimum absolute atomic E-state index is 0.0290. The number of carbonyl (C=O) groups is 1. The van der Waals surface area contributed by atoms with Crippen molar-refractivity contribution in [3.63, 3.8) is 0 Å². The molecule has 0 atom stereocenters. The predicted octanol–water partition coefficient (Wildman–Crippen LogP) is 1.66. The molecule has 0 spiro atoms. The van der Waals surface area contributed by atoms with Crippen molar-refractivity contribution in [2.24, 2.45) is 5.73 Å². The Morgan fingerprint density at radius 3 is 2.76 bits per heavy atom. The van der Waals surface area contributed by atoms with Gasteiger partial charge in [0.25, 0.3) is 0 Å². The number of carbonyl (C=O) groups excluding carboxylic acids is 1. The van der Waals surface area contributed by atoms with E-state index in [-0.39, 0.29) is 5.91 Å². The van der Waals surface area contributed by atoms with E-state index in [1.54, 1.807) is 26.2 Å². The Balaban J connectivity index is 2.56. The van der Waals surface area contributed by atoms with Crippen LogP contribution in [0.3, 0.4) is 0 Å². The molecule has 17 heavy (non-hydrogen) atoms. The summed E-state index contributed by atoms with van der Waals surface area (Å²) in [4.78, 5) is 12.9. The number of ether oxygens (including phenoxy) is 1. The summed E-state index contributed by atoms with van der Waals surface area (Å²) in [6, 6.07) is 5.30. The molecule has 0 aliphatic rings. The lowest BCUT2D eigenvalue weighted by molar-refractivity contribution is -0.129. The first-order valence-electron chi connectivity index (χ1n) is 5.36. The highest BCUT2D eigenvalue weighted by Crippen LogP contribution is 2.23. The van der Waals surface area contributed by atoms with Crippen molar-refractivity contribution in [3.8, 4) is 5.75 Å². The normalized spacial score (nSPS) is 10.1. The summed E-state index contributed by atoms with van der Waals surface area (Å²) in [5, 5.41) is 0.594. The van der Waals surface area contributed by atoms with Gasteiger partial charge in [-0.2, -0.15) is 0 Å². The molecule has 2 N–H and O–H groups in total. The van der Waals surface area contributed by atoms with Crippen LogP contribution >= 0.6 is 11.6 Å². The number of nitrogens with two attached hydrogens (primary N) is 1. The van der Waals surface area contributed by atoms with Gasteiger partial charge in [-0.05, 0) is 12.1 Å². The topological polar surface area (TPSA) is 55.6 Å². The Labute approximate surface area is 106 Å². The molecule has 1 aromatic carbocycles. The molecule has 0 heterocycles. The van der Waals surface area contributed by atoms with E-state index in [1.807, 2.05) is 6.07 Å². The summed E-state index contributed by atoms with van der Waals surface area (Å²) >= 11 is 5.87. The minimum atomic E-state index is 0.0290. The molecule has 5 heteroatoms. The van der Waals surface area contributed by atoms with Crippen molar-refractivity contribution < 1.29 is 9.53 Å². The molecule has 0 fully saturated rings. The molecule has 4 nitrogen and oxygen atoms in total. The highest BCUT2D eigenvalue weighted by Gasteiger charge is 2.06. The molecular weight excluding hydrogens is 240 g/mol. The van der Waals surface area contributed by atoms with Crippen LogP contribution in [-0.4, -0.2) is 31.5 Å². The lowest BCUT2D eigenvalue weighted by Crippen LogP contribution is -2.23. The maximum Gasteiger partial charge on any atom is 0.225 e. The number of benzene rings is 1. The van der Waals surface area contributed by atoms with Crippen LogP contribution in [0.25, 0.3) is 0 Å². The zero-order valence-electron chi connectivity index (χ0n) is 10.1. The lowest BCUT2D eigenvalue weighted by Gasteiger charge is -2.13. The molecule has 0 aliphatic carbocycles. The maximum atomic E-state index is 11.3. The molecule has 0 bridgehead atoms. The number of hydrogen-bond donors (Lipinski definition) is 1. The molecule has 0 unspecified atom stereocenters. The zero-order valence-corrected chi connectivity index (χ0v) is 10.8. The van der Waals surface area contributed by atoms with Crippen LogP contribution in [-0.2, 0) is 11.3 Å². The fourth-order valence-electron chi connectivity index (χ4n) is 1.30. The number of amides is 1. The van der Waals surface area contributed by atoms with Crippen LogP contribution in [0.5, 0.6) is 5.75 Å². The largest absolute Gasteiger partial charge is 0.493 e. The summed E-state index contributed by atoms with van der Waals surface area (Å²) in [6.45, 7) is 0.707.